The minimum absolute atomic E-state index is 0.801. The Labute approximate surface area is 115 Å². The van der Waals surface area contributed by atoms with Crippen molar-refractivity contribution in [3.05, 3.63) is 47.6 Å². The lowest BCUT2D eigenvalue weighted by Crippen LogP contribution is -1.90. The minimum atomic E-state index is 0.801. The van der Waals surface area contributed by atoms with Crippen LogP contribution < -0.4 is 5.43 Å². The number of aryl methyl sites for hydroxylation is 1. The van der Waals surface area contributed by atoms with Gasteiger partial charge in [-0.15, -0.1) is 11.3 Å². The van der Waals surface area contributed by atoms with Crippen LogP contribution in [0.1, 0.15) is 12.5 Å². The first-order valence-electron chi connectivity index (χ1n) is 6.15. The predicted molar refractivity (Wildman–Crippen MR) is 80.9 cm³/mol. The average molecular weight is 270 g/mol. The summed E-state index contributed by atoms with van der Waals surface area (Å²) in [6.07, 6.45) is 5.72. The summed E-state index contributed by atoms with van der Waals surface area (Å²) in [6, 6.07) is 8.35. The van der Waals surface area contributed by atoms with E-state index in [1.165, 1.54) is 22.2 Å². The van der Waals surface area contributed by atoms with Crippen molar-refractivity contribution in [3.8, 4) is 0 Å². The molecule has 2 aromatic heterocycles. The van der Waals surface area contributed by atoms with Gasteiger partial charge in [0, 0.05) is 40.8 Å². The van der Waals surface area contributed by atoms with E-state index in [1.54, 1.807) is 6.20 Å². The van der Waals surface area contributed by atoms with E-state index in [1.807, 2.05) is 17.7 Å². The van der Waals surface area contributed by atoms with Gasteiger partial charge in [0.15, 0.2) is 0 Å². The van der Waals surface area contributed by atoms with Crippen LogP contribution >= 0.6 is 11.3 Å². The molecule has 0 unspecified atom stereocenters. The van der Waals surface area contributed by atoms with Crippen molar-refractivity contribution >= 4 is 33.6 Å². The molecule has 0 fully saturated rings. The van der Waals surface area contributed by atoms with Crippen LogP contribution in [0.15, 0.2) is 47.1 Å². The normalized spacial score (nSPS) is 11.4. The third-order valence-electron chi connectivity index (χ3n) is 2.96. The largest absolute Gasteiger partial charge is 0.347 e. The van der Waals surface area contributed by atoms with E-state index in [9.17, 15) is 0 Å². The highest BCUT2D eigenvalue weighted by atomic mass is 32.1. The van der Waals surface area contributed by atoms with Crippen LogP contribution in [0.3, 0.4) is 0 Å². The highest BCUT2D eigenvalue weighted by Gasteiger charge is 2.04. The van der Waals surface area contributed by atoms with E-state index in [2.05, 4.69) is 51.4 Å². The van der Waals surface area contributed by atoms with Crippen molar-refractivity contribution in [1.82, 2.24) is 9.55 Å². The number of para-hydroxylation sites is 1. The van der Waals surface area contributed by atoms with Crippen molar-refractivity contribution in [2.45, 2.75) is 13.5 Å². The maximum Gasteiger partial charge on any atom is 0.203 e. The molecular weight excluding hydrogens is 256 g/mol. The van der Waals surface area contributed by atoms with Crippen LogP contribution in [0.4, 0.5) is 5.13 Å². The number of aromatic nitrogens is 2. The van der Waals surface area contributed by atoms with Gasteiger partial charge in [0.25, 0.3) is 0 Å². The maximum atomic E-state index is 4.24. The number of hydrazone groups is 1. The Hall–Kier alpha value is -2.14. The quantitative estimate of drug-likeness (QED) is 0.582. The van der Waals surface area contributed by atoms with Gasteiger partial charge in [-0.3, -0.25) is 5.43 Å². The van der Waals surface area contributed by atoms with Gasteiger partial charge in [-0.05, 0) is 13.0 Å². The summed E-state index contributed by atoms with van der Waals surface area (Å²) >= 11 is 1.53. The Kier molecular flexibility index (Phi) is 3.29. The molecule has 96 valence electrons. The Bertz CT molecular complexity index is 697. The zero-order valence-electron chi connectivity index (χ0n) is 10.6. The highest BCUT2D eigenvalue weighted by molar-refractivity contribution is 7.13. The molecule has 3 aromatic rings. The van der Waals surface area contributed by atoms with Crippen LogP contribution in [0.2, 0.25) is 0 Å². The van der Waals surface area contributed by atoms with Gasteiger partial charge in [-0.25, -0.2) is 4.98 Å². The third kappa shape index (κ3) is 2.37. The number of nitrogens with one attached hydrogen (secondary N) is 1. The zero-order chi connectivity index (χ0) is 13.1. The second kappa shape index (κ2) is 5.24. The molecule has 5 heteroatoms. The number of anilines is 1. The second-order valence-corrected chi connectivity index (χ2v) is 4.99. The molecule has 0 aliphatic heterocycles. The fourth-order valence-electron chi connectivity index (χ4n) is 2.08. The molecule has 3 rings (SSSR count). The first-order chi connectivity index (χ1) is 9.38. The number of rotatable bonds is 4. The first-order valence-corrected chi connectivity index (χ1v) is 7.03. The molecule has 1 aromatic carbocycles. The summed E-state index contributed by atoms with van der Waals surface area (Å²) in [5, 5.41) is 8.18. The molecule has 0 aliphatic carbocycles. The number of benzene rings is 1. The SMILES string of the molecule is CCn1cc(/C=N\Nc2nccs2)c2ccccc21. The smallest absolute Gasteiger partial charge is 0.203 e. The Morgan fingerprint density at radius 3 is 3.11 bits per heavy atom. The van der Waals surface area contributed by atoms with Crippen molar-refractivity contribution in [2.24, 2.45) is 5.10 Å². The Morgan fingerprint density at radius 2 is 2.32 bits per heavy atom. The molecule has 0 saturated carbocycles. The number of fused-ring (bicyclic) bond motifs is 1. The van der Waals surface area contributed by atoms with E-state index < -0.39 is 0 Å². The van der Waals surface area contributed by atoms with Crippen LogP contribution in [0, 0.1) is 0 Å². The van der Waals surface area contributed by atoms with Crippen LogP contribution in [0.5, 0.6) is 0 Å². The summed E-state index contributed by atoms with van der Waals surface area (Å²) in [4.78, 5) is 4.12. The summed E-state index contributed by atoms with van der Waals surface area (Å²) in [5.41, 5.74) is 5.28. The fourth-order valence-corrected chi connectivity index (χ4v) is 2.55. The molecule has 0 bridgehead atoms. The molecule has 0 atom stereocenters. The maximum absolute atomic E-state index is 4.24. The minimum Gasteiger partial charge on any atom is -0.347 e. The van der Waals surface area contributed by atoms with Gasteiger partial charge in [0.1, 0.15) is 0 Å². The molecule has 1 N–H and O–H groups in total. The Morgan fingerprint density at radius 1 is 1.42 bits per heavy atom. The monoisotopic (exact) mass is 270 g/mol. The van der Waals surface area contributed by atoms with Crippen molar-refractivity contribution in [1.29, 1.82) is 0 Å². The Balaban J connectivity index is 1.90. The third-order valence-corrected chi connectivity index (χ3v) is 3.63. The second-order valence-electron chi connectivity index (χ2n) is 4.09. The lowest BCUT2D eigenvalue weighted by molar-refractivity contribution is 0.797. The van der Waals surface area contributed by atoms with Gasteiger partial charge in [-0.1, -0.05) is 18.2 Å². The number of thiazole rings is 1. The molecule has 0 saturated heterocycles. The van der Waals surface area contributed by atoms with Gasteiger partial charge >= 0.3 is 0 Å². The summed E-state index contributed by atoms with van der Waals surface area (Å²) in [5.74, 6) is 0. The number of nitrogens with zero attached hydrogens (tertiary/aromatic N) is 3. The predicted octanol–water partition coefficient (Wildman–Crippen LogP) is 3.56. The van der Waals surface area contributed by atoms with Gasteiger partial charge in [-0.2, -0.15) is 5.10 Å². The number of hydrogen-bond donors (Lipinski definition) is 1. The fraction of sp³-hybridized carbons (Fsp3) is 0.143. The standard InChI is InChI=1S/C14H14N4S/c1-2-18-10-11(12-5-3-4-6-13(12)18)9-16-17-14-15-7-8-19-14/h3-10H,2H2,1H3,(H,15,17)/b16-9-. The van der Waals surface area contributed by atoms with Crippen molar-refractivity contribution in [3.63, 3.8) is 0 Å². The molecule has 0 amide bonds. The average Bonchev–Trinajstić information content (AvgIpc) is 3.07. The molecule has 4 nitrogen and oxygen atoms in total. The van der Waals surface area contributed by atoms with Crippen LogP contribution in [-0.2, 0) is 6.54 Å². The van der Waals surface area contributed by atoms with Gasteiger partial charge in [0.2, 0.25) is 5.13 Å². The van der Waals surface area contributed by atoms with Crippen LogP contribution in [0.25, 0.3) is 10.9 Å². The lowest BCUT2D eigenvalue weighted by atomic mass is 10.2. The van der Waals surface area contributed by atoms with Gasteiger partial charge in [0.05, 0.1) is 6.21 Å². The highest BCUT2D eigenvalue weighted by Crippen LogP contribution is 2.20. The summed E-state index contributed by atoms with van der Waals surface area (Å²) in [7, 11) is 0. The van der Waals surface area contributed by atoms with Gasteiger partial charge < -0.3 is 4.57 Å². The first kappa shape index (κ1) is 11.9. The summed E-state index contributed by atoms with van der Waals surface area (Å²) < 4.78 is 2.22. The van der Waals surface area contributed by atoms with E-state index in [4.69, 9.17) is 0 Å². The molecular formula is C14H14N4S. The zero-order valence-corrected chi connectivity index (χ0v) is 11.4. The van der Waals surface area contributed by atoms with E-state index in [-0.39, 0.29) is 0 Å². The van der Waals surface area contributed by atoms with E-state index >= 15 is 0 Å². The van der Waals surface area contributed by atoms with E-state index in [0.717, 1.165) is 17.2 Å². The summed E-state index contributed by atoms with van der Waals surface area (Å²) in [6.45, 7) is 3.09. The topological polar surface area (TPSA) is 42.2 Å². The molecule has 19 heavy (non-hydrogen) atoms. The molecule has 0 aliphatic rings. The molecule has 2 heterocycles. The molecule has 0 radical (unpaired) electrons. The van der Waals surface area contributed by atoms with Crippen LogP contribution in [-0.4, -0.2) is 15.8 Å². The lowest BCUT2D eigenvalue weighted by Gasteiger charge is -1.97. The molecule has 0 spiro atoms. The number of hydrogen-bond acceptors (Lipinski definition) is 4. The van der Waals surface area contributed by atoms with Crippen molar-refractivity contribution in [2.75, 3.05) is 5.43 Å². The van der Waals surface area contributed by atoms with Crippen molar-refractivity contribution < 1.29 is 0 Å². The van der Waals surface area contributed by atoms with E-state index in [0.29, 0.717) is 0 Å².